The minimum atomic E-state index is -0.887. The highest BCUT2D eigenvalue weighted by molar-refractivity contribution is 6.46. The van der Waals surface area contributed by atoms with E-state index in [1.807, 2.05) is 0 Å². The maximum atomic E-state index is 13.0. The van der Waals surface area contributed by atoms with Crippen molar-refractivity contribution in [2.24, 2.45) is 0 Å². The van der Waals surface area contributed by atoms with Gasteiger partial charge in [-0.2, -0.15) is 0 Å². The third-order valence-corrected chi connectivity index (χ3v) is 5.75. The molecule has 2 fully saturated rings. The number of methoxy groups -OCH3 is 1. The summed E-state index contributed by atoms with van der Waals surface area (Å²) in [6.07, 6.45) is 1.41. The molecule has 166 valence electrons. The van der Waals surface area contributed by atoms with E-state index in [9.17, 15) is 24.8 Å². The van der Waals surface area contributed by atoms with Crippen LogP contribution in [-0.4, -0.2) is 53.0 Å². The van der Waals surface area contributed by atoms with Gasteiger partial charge in [-0.15, -0.1) is 0 Å². The number of carbonyl (C=O) groups excluding carboxylic acids is 2. The minimum absolute atomic E-state index is 0.0629. The van der Waals surface area contributed by atoms with Crippen molar-refractivity contribution in [2.75, 3.05) is 20.3 Å². The van der Waals surface area contributed by atoms with Crippen LogP contribution in [0.3, 0.4) is 0 Å². The molecule has 2 aromatic rings. The smallest absolute Gasteiger partial charge is 0.295 e. The number of aliphatic hydroxyl groups is 1. The zero-order chi connectivity index (χ0) is 22.8. The number of likely N-dealkylation sites (tertiary alicyclic amines) is 1. The number of rotatable bonds is 6. The summed E-state index contributed by atoms with van der Waals surface area (Å²) >= 11 is 0. The molecule has 9 heteroatoms. The number of non-ortho nitro benzene ring substituents is 1. The van der Waals surface area contributed by atoms with Gasteiger partial charge in [0.15, 0.2) is 0 Å². The summed E-state index contributed by atoms with van der Waals surface area (Å²) in [5, 5.41) is 22.1. The number of hydrogen-bond acceptors (Lipinski definition) is 7. The van der Waals surface area contributed by atoms with E-state index in [0.29, 0.717) is 23.5 Å². The number of ether oxygens (including phenoxy) is 2. The van der Waals surface area contributed by atoms with Crippen molar-refractivity contribution in [1.29, 1.82) is 0 Å². The number of hydrogen-bond donors (Lipinski definition) is 1. The van der Waals surface area contributed by atoms with Crippen LogP contribution in [0.15, 0.2) is 54.1 Å². The van der Waals surface area contributed by atoms with Crippen LogP contribution in [0, 0.1) is 10.1 Å². The summed E-state index contributed by atoms with van der Waals surface area (Å²) in [4.78, 5) is 37.9. The first-order chi connectivity index (χ1) is 15.4. The number of nitro benzene ring substituents is 1. The van der Waals surface area contributed by atoms with Crippen molar-refractivity contribution < 1.29 is 29.1 Å². The van der Waals surface area contributed by atoms with Crippen molar-refractivity contribution in [1.82, 2.24) is 4.90 Å². The number of carbonyl (C=O) groups is 2. The Labute approximate surface area is 184 Å². The molecule has 2 aromatic carbocycles. The first kappa shape index (κ1) is 21.5. The molecule has 2 heterocycles. The second kappa shape index (κ2) is 8.80. The lowest BCUT2D eigenvalue weighted by atomic mass is 9.95. The van der Waals surface area contributed by atoms with Crippen LogP contribution in [0.2, 0.25) is 0 Å². The van der Waals surface area contributed by atoms with Gasteiger partial charge in [0.2, 0.25) is 0 Å². The summed E-state index contributed by atoms with van der Waals surface area (Å²) in [7, 11) is 1.51. The van der Waals surface area contributed by atoms with Gasteiger partial charge in [0, 0.05) is 30.8 Å². The van der Waals surface area contributed by atoms with Crippen LogP contribution in [0.25, 0.3) is 5.76 Å². The van der Waals surface area contributed by atoms with Crippen molar-refractivity contribution in [3.8, 4) is 5.75 Å². The molecule has 2 atom stereocenters. The number of aliphatic hydroxyl groups excluding tert-OH is 1. The maximum Gasteiger partial charge on any atom is 0.295 e. The van der Waals surface area contributed by atoms with Crippen LogP contribution in [0.5, 0.6) is 5.75 Å². The third kappa shape index (κ3) is 3.94. The number of nitrogens with zero attached hydrogens (tertiary/aromatic N) is 2. The van der Waals surface area contributed by atoms with Gasteiger partial charge in [-0.1, -0.05) is 0 Å². The van der Waals surface area contributed by atoms with Crippen LogP contribution >= 0.6 is 0 Å². The van der Waals surface area contributed by atoms with E-state index >= 15 is 0 Å². The van der Waals surface area contributed by atoms with Gasteiger partial charge >= 0.3 is 0 Å². The number of nitro groups is 1. The molecule has 32 heavy (non-hydrogen) atoms. The van der Waals surface area contributed by atoms with E-state index in [0.717, 1.165) is 12.8 Å². The Hall–Kier alpha value is -3.72. The molecular formula is C23H22N2O7. The zero-order valence-electron chi connectivity index (χ0n) is 17.4. The van der Waals surface area contributed by atoms with Crippen molar-refractivity contribution in [3.05, 3.63) is 75.3 Å². The maximum absolute atomic E-state index is 13.0. The molecule has 2 aliphatic heterocycles. The van der Waals surface area contributed by atoms with Gasteiger partial charge in [0.05, 0.1) is 29.8 Å². The largest absolute Gasteiger partial charge is 0.507 e. The summed E-state index contributed by atoms with van der Waals surface area (Å²) in [6.45, 7) is 0.772. The molecule has 0 aliphatic carbocycles. The Balaban J connectivity index is 1.80. The van der Waals surface area contributed by atoms with Gasteiger partial charge in [0.1, 0.15) is 11.5 Å². The van der Waals surface area contributed by atoms with Crippen molar-refractivity contribution in [2.45, 2.75) is 25.0 Å². The Morgan fingerprint density at radius 1 is 1.19 bits per heavy atom. The second-order valence-corrected chi connectivity index (χ2v) is 7.66. The predicted octanol–water partition coefficient (Wildman–Crippen LogP) is 3.20. The lowest BCUT2D eigenvalue weighted by molar-refractivity contribution is -0.384. The van der Waals surface area contributed by atoms with E-state index in [2.05, 4.69) is 0 Å². The van der Waals surface area contributed by atoms with Crippen LogP contribution in [-0.2, 0) is 14.3 Å². The topological polar surface area (TPSA) is 119 Å². The van der Waals surface area contributed by atoms with E-state index in [4.69, 9.17) is 9.47 Å². The van der Waals surface area contributed by atoms with Gasteiger partial charge in [0.25, 0.3) is 17.4 Å². The lowest BCUT2D eigenvalue weighted by Gasteiger charge is -2.27. The molecule has 4 rings (SSSR count). The first-order valence-corrected chi connectivity index (χ1v) is 10.2. The van der Waals surface area contributed by atoms with Gasteiger partial charge in [-0.25, -0.2) is 0 Å². The molecule has 2 unspecified atom stereocenters. The van der Waals surface area contributed by atoms with E-state index < -0.39 is 22.7 Å². The molecule has 0 aromatic heterocycles. The van der Waals surface area contributed by atoms with Crippen LogP contribution in [0.4, 0.5) is 5.69 Å². The monoisotopic (exact) mass is 438 g/mol. The molecule has 0 saturated carbocycles. The Morgan fingerprint density at radius 3 is 2.44 bits per heavy atom. The number of amides is 1. The standard InChI is InChI=1S/C23H22N2O7/c1-31-17-10-6-15(7-11-17)21(26)19-20(14-4-8-16(9-5-14)25(29)30)24(23(28)22(19)27)13-18-3-2-12-32-18/h4-11,18,20,26H,2-3,12-13H2,1H3. The Morgan fingerprint density at radius 2 is 1.88 bits per heavy atom. The number of Topliss-reactive ketones (excluding diaryl/α,β-unsaturated/α-hetero) is 1. The molecule has 0 bridgehead atoms. The summed E-state index contributed by atoms with van der Waals surface area (Å²) < 4.78 is 10.8. The van der Waals surface area contributed by atoms with Gasteiger partial charge in [-0.05, 0) is 54.8 Å². The molecule has 1 N–H and O–H groups in total. The average molecular weight is 438 g/mol. The molecule has 2 aliphatic rings. The molecule has 0 radical (unpaired) electrons. The fraction of sp³-hybridized carbons (Fsp3) is 0.304. The van der Waals surface area contributed by atoms with Gasteiger partial charge < -0.3 is 19.5 Å². The normalized spacial score (nSPS) is 22.3. The zero-order valence-corrected chi connectivity index (χ0v) is 17.4. The minimum Gasteiger partial charge on any atom is -0.507 e. The fourth-order valence-corrected chi connectivity index (χ4v) is 4.11. The van der Waals surface area contributed by atoms with E-state index in [-0.39, 0.29) is 29.7 Å². The third-order valence-electron chi connectivity index (χ3n) is 5.75. The summed E-state index contributed by atoms with van der Waals surface area (Å²) in [6, 6.07) is 11.2. The Bertz CT molecular complexity index is 1070. The highest BCUT2D eigenvalue weighted by Gasteiger charge is 2.47. The predicted molar refractivity (Wildman–Crippen MR) is 114 cm³/mol. The number of benzene rings is 2. The van der Waals surface area contributed by atoms with Gasteiger partial charge in [-0.3, -0.25) is 19.7 Å². The van der Waals surface area contributed by atoms with E-state index in [1.165, 1.54) is 36.3 Å². The van der Waals surface area contributed by atoms with Crippen LogP contribution in [0.1, 0.15) is 30.0 Å². The fourth-order valence-electron chi connectivity index (χ4n) is 4.11. The number of ketones is 1. The lowest BCUT2D eigenvalue weighted by Crippen LogP contribution is -2.36. The second-order valence-electron chi connectivity index (χ2n) is 7.66. The average Bonchev–Trinajstić information content (AvgIpc) is 3.41. The summed E-state index contributed by atoms with van der Waals surface area (Å²) in [5.41, 5.74) is 0.669. The molecule has 2 saturated heterocycles. The van der Waals surface area contributed by atoms with Crippen LogP contribution < -0.4 is 4.74 Å². The quantitative estimate of drug-likeness (QED) is 0.242. The first-order valence-electron chi connectivity index (χ1n) is 10.2. The molecule has 9 nitrogen and oxygen atoms in total. The highest BCUT2D eigenvalue weighted by atomic mass is 16.6. The van der Waals surface area contributed by atoms with E-state index in [1.54, 1.807) is 24.3 Å². The Kier molecular flexibility index (Phi) is 5.91. The van der Waals surface area contributed by atoms with Crippen molar-refractivity contribution in [3.63, 3.8) is 0 Å². The highest BCUT2D eigenvalue weighted by Crippen LogP contribution is 2.40. The molecule has 1 amide bonds. The molecular weight excluding hydrogens is 416 g/mol. The summed E-state index contributed by atoms with van der Waals surface area (Å²) in [5.74, 6) is -1.28. The van der Waals surface area contributed by atoms with Crippen molar-refractivity contribution >= 4 is 23.1 Å². The SMILES string of the molecule is COc1ccc(C(O)=C2C(=O)C(=O)N(CC3CCCO3)C2c2ccc([N+](=O)[O-])cc2)cc1. The molecule has 0 spiro atoms.